The second kappa shape index (κ2) is 14.9. The van der Waals surface area contributed by atoms with E-state index in [4.69, 9.17) is 11.6 Å². The zero-order valence-corrected chi connectivity index (χ0v) is 25.1. The molecule has 2 aromatic heterocycles. The van der Waals surface area contributed by atoms with Crippen molar-refractivity contribution in [1.29, 1.82) is 0 Å². The van der Waals surface area contributed by atoms with Gasteiger partial charge in [0.05, 0.1) is 17.6 Å². The van der Waals surface area contributed by atoms with Gasteiger partial charge in [-0.15, -0.1) is 18.2 Å². The molecule has 0 saturated heterocycles. The number of allylic oxidation sites excluding steroid dienone is 2. The van der Waals surface area contributed by atoms with Crippen LogP contribution in [0.1, 0.15) is 58.6 Å². The number of carboxylic acid groups (broad SMARTS) is 1. The smallest absolute Gasteiger partial charge is 0.304 e. The Morgan fingerprint density at radius 3 is 2.67 bits per heavy atom. The van der Waals surface area contributed by atoms with Crippen LogP contribution >= 0.6 is 23.4 Å². The van der Waals surface area contributed by atoms with Gasteiger partial charge in [-0.05, 0) is 66.6 Å². The molecule has 0 bridgehead atoms. The third-order valence-corrected chi connectivity index (χ3v) is 7.56. The van der Waals surface area contributed by atoms with Crippen molar-refractivity contribution in [2.75, 3.05) is 0 Å². The molecular weight excluding hydrogens is 545 g/mol. The van der Waals surface area contributed by atoms with Gasteiger partial charge in [-0.2, -0.15) is 5.10 Å². The summed E-state index contributed by atoms with van der Waals surface area (Å²) >= 11 is 6.94. The van der Waals surface area contributed by atoms with Gasteiger partial charge in [0.25, 0.3) is 0 Å². The summed E-state index contributed by atoms with van der Waals surface area (Å²) in [7, 11) is 0. The van der Waals surface area contributed by atoms with Crippen LogP contribution in [0, 0.1) is 5.82 Å². The molecule has 4 aromatic rings. The molecule has 2 aromatic carbocycles. The summed E-state index contributed by atoms with van der Waals surface area (Å²) in [5.74, 6) is -1.19. The lowest BCUT2D eigenvalue weighted by molar-refractivity contribution is -0.137. The molecule has 1 aliphatic heterocycles. The first kappa shape index (κ1) is 31.2. The molecule has 2 unspecified atom stereocenters. The van der Waals surface area contributed by atoms with Gasteiger partial charge in [-0.3, -0.25) is 4.79 Å². The molecule has 3 heterocycles. The number of aliphatic carboxylic acids is 1. The highest BCUT2D eigenvalue weighted by Gasteiger charge is 2.32. The zero-order chi connectivity index (χ0) is 29.2. The number of hydrogen-bond donors (Lipinski definition) is 1. The van der Waals surface area contributed by atoms with E-state index in [1.54, 1.807) is 40.8 Å². The number of nitrogens with zero attached hydrogens (tertiary/aromatic N) is 3. The number of aromatic nitrogens is 3. The number of rotatable bonds is 8. The first-order valence-corrected chi connectivity index (χ1v) is 14.9. The van der Waals surface area contributed by atoms with Crippen LogP contribution in [-0.4, -0.2) is 30.8 Å². The van der Waals surface area contributed by atoms with Crippen molar-refractivity contribution in [3.8, 4) is 16.8 Å². The van der Waals surface area contributed by atoms with Crippen molar-refractivity contribution in [2.24, 2.45) is 0 Å². The molecule has 2 atom stereocenters. The van der Waals surface area contributed by atoms with Crippen molar-refractivity contribution in [3.05, 3.63) is 90.5 Å². The summed E-state index contributed by atoms with van der Waals surface area (Å²) in [6, 6.07) is 12.9. The first-order chi connectivity index (χ1) is 19.3. The SMILES string of the molecule is C=CC(C)Cl.CC.CC/C=C/Sc1c2n(c3cc(F)cc(-c4cccc(-n5cccn5)c4)c13)CCC2CC(=O)O. The lowest BCUT2D eigenvalue weighted by Crippen LogP contribution is -2.04. The monoisotopic (exact) mass is 581 g/mol. The zero-order valence-electron chi connectivity index (χ0n) is 23.5. The molecule has 1 N–H and O–H groups in total. The van der Waals surface area contributed by atoms with Crippen LogP contribution in [0.2, 0.25) is 0 Å². The Hall–Kier alpha value is -3.29. The van der Waals surface area contributed by atoms with Crippen molar-refractivity contribution >= 4 is 40.2 Å². The Kier molecular flexibility index (Phi) is 11.6. The van der Waals surface area contributed by atoms with Gasteiger partial charge in [0.15, 0.2) is 0 Å². The van der Waals surface area contributed by atoms with E-state index in [1.807, 2.05) is 57.3 Å². The fraction of sp³-hybridized carbons (Fsp3) is 0.312. The molecule has 0 spiro atoms. The minimum absolute atomic E-state index is 0.0774. The summed E-state index contributed by atoms with van der Waals surface area (Å²) < 4.78 is 18.8. The molecule has 5 nitrogen and oxygen atoms in total. The van der Waals surface area contributed by atoms with E-state index in [1.165, 1.54) is 0 Å². The lowest BCUT2D eigenvalue weighted by Gasteiger charge is -2.12. The van der Waals surface area contributed by atoms with E-state index in [2.05, 4.69) is 34.7 Å². The second-order valence-corrected chi connectivity index (χ2v) is 10.7. The van der Waals surface area contributed by atoms with Crippen LogP contribution in [0.15, 0.2) is 83.9 Å². The molecule has 0 fully saturated rings. The van der Waals surface area contributed by atoms with Gasteiger partial charge < -0.3 is 9.67 Å². The summed E-state index contributed by atoms with van der Waals surface area (Å²) in [5, 5.41) is 16.9. The summed E-state index contributed by atoms with van der Waals surface area (Å²) in [6.07, 6.45) is 9.11. The molecule has 1 aliphatic rings. The number of fused-ring (bicyclic) bond motifs is 3. The van der Waals surface area contributed by atoms with Crippen molar-refractivity contribution < 1.29 is 14.3 Å². The van der Waals surface area contributed by atoms with Gasteiger partial charge in [-0.25, -0.2) is 9.07 Å². The fourth-order valence-corrected chi connectivity index (χ4v) is 5.85. The van der Waals surface area contributed by atoms with Gasteiger partial charge in [0, 0.05) is 46.2 Å². The third-order valence-electron chi connectivity index (χ3n) is 6.40. The van der Waals surface area contributed by atoms with Crippen LogP contribution in [0.25, 0.3) is 27.7 Å². The van der Waals surface area contributed by atoms with Crippen molar-refractivity contribution in [2.45, 2.75) is 69.7 Å². The number of benzene rings is 2. The largest absolute Gasteiger partial charge is 0.481 e. The second-order valence-electron chi connectivity index (χ2n) is 9.11. The highest BCUT2D eigenvalue weighted by atomic mass is 35.5. The normalized spacial score (nSPS) is 14.7. The average Bonchev–Trinajstić information content (AvgIpc) is 3.69. The molecule has 0 radical (unpaired) electrons. The highest BCUT2D eigenvalue weighted by Crippen LogP contribution is 2.48. The van der Waals surface area contributed by atoms with Gasteiger partial charge in [0.2, 0.25) is 0 Å². The molecular formula is C32H37ClFN3O2S. The van der Waals surface area contributed by atoms with Crippen LogP contribution in [0.4, 0.5) is 4.39 Å². The van der Waals surface area contributed by atoms with E-state index < -0.39 is 5.97 Å². The predicted molar refractivity (Wildman–Crippen MR) is 166 cm³/mol. The maximum atomic E-state index is 14.9. The van der Waals surface area contributed by atoms with Crippen LogP contribution < -0.4 is 0 Å². The third kappa shape index (κ3) is 7.26. The van der Waals surface area contributed by atoms with Crippen molar-refractivity contribution in [1.82, 2.24) is 14.3 Å². The van der Waals surface area contributed by atoms with Crippen LogP contribution in [-0.2, 0) is 11.3 Å². The van der Waals surface area contributed by atoms with Gasteiger partial charge in [-0.1, -0.05) is 56.8 Å². The van der Waals surface area contributed by atoms with Gasteiger partial charge >= 0.3 is 5.97 Å². The number of thioether (sulfide) groups is 1. The standard InChI is InChI=1S/C26H24FN3O2S.C4H7Cl.C2H6/c1-2-3-12-33-26-24-21(17-6-4-7-20(13-17)30-10-5-9-28-30)15-19(27)16-22(24)29-11-8-18(25(26)29)14-23(31)32;1-3-4(2)5;1-2/h3-7,9-10,12-13,15-16,18H,2,8,11,14H2,1H3,(H,31,32);3-4H,1H2,2H3;1-2H3/b12-3+;;. The Bertz CT molecular complexity index is 1460. The van der Waals surface area contributed by atoms with E-state index in [9.17, 15) is 14.3 Å². The van der Waals surface area contributed by atoms with E-state index >= 15 is 0 Å². The fourth-order valence-electron chi connectivity index (χ4n) is 4.70. The molecule has 8 heteroatoms. The summed E-state index contributed by atoms with van der Waals surface area (Å²) in [4.78, 5) is 12.6. The number of aryl methyl sites for hydroxylation is 1. The minimum Gasteiger partial charge on any atom is -0.481 e. The molecule has 5 rings (SSSR count). The Morgan fingerprint density at radius 1 is 1.30 bits per heavy atom. The van der Waals surface area contributed by atoms with Crippen LogP contribution in [0.5, 0.6) is 0 Å². The molecule has 0 amide bonds. The Balaban J connectivity index is 0.000000570. The number of hydrogen-bond acceptors (Lipinski definition) is 3. The summed E-state index contributed by atoms with van der Waals surface area (Å²) in [6.45, 7) is 12.1. The lowest BCUT2D eigenvalue weighted by atomic mass is 9.97. The molecule has 40 heavy (non-hydrogen) atoms. The molecule has 0 aliphatic carbocycles. The van der Waals surface area contributed by atoms with Crippen LogP contribution in [0.3, 0.4) is 0 Å². The number of carboxylic acids is 1. The Labute approximate surface area is 245 Å². The number of carbonyl (C=O) groups is 1. The van der Waals surface area contributed by atoms with E-state index in [0.29, 0.717) is 6.54 Å². The highest BCUT2D eigenvalue weighted by molar-refractivity contribution is 8.02. The maximum Gasteiger partial charge on any atom is 0.304 e. The molecule has 0 saturated carbocycles. The summed E-state index contributed by atoms with van der Waals surface area (Å²) in [5.41, 5.74) is 4.43. The number of halogens is 2. The first-order valence-electron chi connectivity index (χ1n) is 13.6. The number of alkyl halides is 1. The quantitative estimate of drug-likeness (QED) is 0.128. The van der Waals surface area contributed by atoms with Crippen molar-refractivity contribution in [3.63, 3.8) is 0 Å². The minimum atomic E-state index is -0.808. The maximum absolute atomic E-state index is 14.9. The van der Waals surface area contributed by atoms with E-state index in [-0.39, 0.29) is 23.5 Å². The van der Waals surface area contributed by atoms with E-state index in [0.717, 1.165) is 51.1 Å². The molecule has 212 valence electrons. The Morgan fingerprint density at radius 2 is 2.05 bits per heavy atom. The predicted octanol–water partition coefficient (Wildman–Crippen LogP) is 9.44. The average molecular weight is 582 g/mol. The topological polar surface area (TPSA) is 60.0 Å². The van der Waals surface area contributed by atoms with Gasteiger partial charge in [0.1, 0.15) is 5.82 Å².